The van der Waals surface area contributed by atoms with E-state index < -0.39 is 26.5 Å². The van der Waals surface area contributed by atoms with E-state index in [0.29, 0.717) is 17.4 Å². The minimum atomic E-state index is -4.64. The number of hydrogen-bond acceptors (Lipinski definition) is 8. The molecule has 4 unspecified atom stereocenters. The fourth-order valence-corrected chi connectivity index (χ4v) is 6.90. The van der Waals surface area contributed by atoms with Crippen LogP contribution in [-0.2, 0) is 32.7 Å². The summed E-state index contributed by atoms with van der Waals surface area (Å²) in [5.74, 6) is -1.47. The van der Waals surface area contributed by atoms with E-state index in [9.17, 15) is 19.0 Å². The van der Waals surface area contributed by atoms with Gasteiger partial charge in [-0.3, -0.25) is 14.2 Å². The summed E-state index contributed by atoms with van der Waals surface area (Å²) in [4.78, 5) is 38.3. The average Bonchev–Trinajstić information content (AvgIpc) is 3.09. The molecule has 4 atom stereocenters. The van der Waals surface area contributed by atoms with Gasteiger partial charge in [0.05, 0.1) is 39.6 Å². The highest BCUT2D eigenvalue weighted by atomic mass is 31.2. The summed E-state index contributed by atoms with van der Waals surface area (Å²) in [6.07, 6.45) is 30.5. The second-order valence-electron chi connectivity index (χ2n) is 16.4. The molecule has 0 aliphatic heterocycles. The predicted molar refractivity (Wildman–Crippen MR) is 213 cm³/mol. The van der Waals surface area contributed by atoms with Crippen LogP contribution in [-0.4, -0.2) is 70.0 Å². The molecule has 0 aromatic rings. The summed E-state index contributed by atoms with van der Waals surface area (Å²) in [5.41, 5.74) is 0. The van der Waals surface area contributed by atoms with Gasteiger partial charge in [-0.15, -0.1) is 0 Å². The lowest BCUT2D eigenvalue weighted by Gasteiger charge is -2.28. The van der Waals surface area contributed by atoms with Gasteiger partial charge in [-0.05, 0) is 12.8 Å². The second-order valence-corrected chi connectivity index (χ2v) is 17.8. The van der Waals surface area contributed by atoms with E-state index in [1.165, 1.54) is 122 Å². The van der Waals surface area contributed by atoms with E-state index in [1.807, 2.05) is 35.0 Å². The van der Waals surface area contributed by atoms with E-state index in [4.69, 9.17) is 18.5 Å². The molecule has 9 nitrogen and oxygen atoms in total. The van der Waals surface area contributed by atoms with Crippen LogP contribution in [0.25, 0.3) is 0 Å². The van der Waals surface area contributed by atoms with E-state index >= 15 is 0 Å². The van der Waals surface area contributed by atoms with Crippen molar-refractivity contribution in [2.45, 2.75) is 201 Å². The summed E-state index contributed by atoms with van der Waals surface area (Å²) < 4.78 is 34.3. The van der Waals surface area contributed by atoms with E-state index in [-0.39, 0.29) is 31.0 Å². The highest BCUT2D eigenvalue weighted by Crippen LogP contribution is 2.38. The third-order valence-electron chi connectivity index (χ3n) is 9.91. The smallest absolute Gasteiger partial charge is 0.309 e. The van der Waals surface area contributed by atoms with E-state index in [1.54, 1.807) is 0 Å². The van der Waals surface area contributed by atoms with Crippen LogP contribution in [0, 0.1) is 11.8 Å². The van der Waals surface area contributed by atoms with Crippen molar-refractivity contribution in [3.63, 3.8) is 0 Å². The van der Waals surface area contributed by atoms with Gasteiger partial charge in [-0.2, -0.15) is 0 Å². The highest BCUT2D eigenvalue weighted by Gasteiger charge is 2.25. The van der Waals surface area contributed by atoms with Gasteiger partial charge in [0.2, 0.25) is 0 Å². The molecule has 310 valence electrons. The summed E-state index contributed by atoms with van der Waals surface area (Å²) in [6.45, 7) is 7.88. The molecule has 0 heterocycles. The first-order valence-electron chi connectivity index (χ1n) is 21.6. The lowest BCUT2D eigenvalue weighted by Crippen LogP contribution is -2.37. The maximum atomic E-state index is 13.0. The Balaban J connectivity index is 4.62. The quantitative estimate of drug-likeness (QED) is 0.0265. The van der Waals surface area contributed by atoms with Crippen molar-refractivity contribution in [1.29, 1.82) is 0 Å². The van der Waals surface area contributed by atoms with Crippen LogP contribution in [0.1, 0.15) is 195 Å². The molecule has 0 saturated carbocycles. The molecule has 0 amide bonds. The molecule has 0 radical (unpaired) electrons. The molecular formula is C42H84NO8P. The first-order chi connectivity index (χ1) is 24.8. The van der Waals surface area contributed by atoms with Crippen LogP contribution in [0.3, 0.4) is 0 Å². The van der Waals surface area contributed by atoms with Crippen molar-refractivity contribution in [2.24, 2.45) is 11.8 Å². The van der Waals surface area contributed by atoms with Crippen LogP contribution in [0.15, 0.2) is 0 Å². The Hall–Kier alpha value is -0.990. The minimum Gasteiger partial charge on any atom is -0.756 e. The Morgan fingerprint density at radius 3 is 1.31 bits per heavy atom. The number of carbonyl (C=O) groups is 2. The largest absolute Gasteiger partial charge is 0.756 e. The Labute approximate surface area is 321 Å². The summed E-state index contributed by atoms with van der Waals surface area (Å²) in [5, 5.41) is 0. The molecule has 0 aliphatic carbocycles. The first-order valence-corrected chi connectivity index (χ1v) is 23.0. The van der Waals surface area contributed by atoms with E-state index in [2.05, 4.69) is 13.8 Å². The Bertz CT molecular complexity index is 896. The molecule has 0 aromatic carbocycles. The van der Waals surface area contributed by atoms with Crippen molar-refractivity contribution < 1.29 is 42.1 Å². The zero-order valence-corrected chi connectivity index (χ0v) is 36.0. The monoisotopic (exact) mass is 762 g/mol. The van der Waals surface area contributed by atoms with E-state index in [0.717, 1.165) is 38.5 Å². The zero-order chi connectivity index (χ0) is 38.9. The van der Waals surface area contributed by atoms with Crippen LogP contribution >= 0.6 is 7.82 Å². The summed E-state index contributed by atoms with van der Waals surface area (Å²) in [7, 11) is 1.16. The van der Waals surface area contributed by atoms with Crippen molar-refractivity contribution in [3.8, 4) is 0 Å². The maximum Gasteiger partial charge on any atom is 0.309 e. The third-order valence-corrected chi connectivity index (χ3v) is 10.9. The fraction of sp³-hybridized carbons (Fsp3) is 0.952. The molecule has 0 spiro atoms. The standard InChI is InChI=1S/C42H84NO8P/c1-8-10-12-14-16-18-20-22-24-26-28-30-32-38(3)41(44)48-36-40(37-50-52(46,47)49-35-34-43(5,6)7)51-42(45)39(4)33-31-29-27-25-23-21-19-17-15-13-11-9-2/h38-40H,8-37H2,1-7H3. The molecule has 52 heavy (non-hydrogen) atoms. The lowest BCUT2D eigenvalue weighted by atomic mass is 10.0. The number of carbonyl (C=O) groups excluding carboxylic acids is 2. The molecule has 0 rings (SSSR count). The van der Waals surface area contributed by atoms with Gasteiger partial charge >= 0.3 is 11.9 Å². The third kappa shape index (κ3) is 33.6. The van der Waals surface area contributed by atoms with Gasteiger partial charge in [0.25, 0.3) is 7.82 Å². The van der Waals surface area contributed by atoms with Crippen molar-refractivity contribution >= 4 is 19.8 Å². The zero-order valence-electron chi connectivity index (χ0n) is 35.1. The Kier molecular flexibility index (Phi) is 32.7. The number of unbranched alkanes of at least 4 members (excludes halogenated alkanes) is 22. The Morgan fingerprint density at radius 2 is 0.923 bits per heavy atom. The number of ether oxygens (including phenoxy) is 2. The number of phosphoric acid groups is 1. The molecule has 10 heteroatoms. The van der Waals surface area contributed by atoms with Crippen LogP contribution in [0.4, 0.5) is 0 Å². The number of phosphoric ester groups is 1. The molecule has 0 saturated heterocycles. The van der Waals surface area contributed by atoms with Gasteiger partial charge < -0.3 is 27.9 Å². The summed E-state index contributed by atoms with van der Waals surface area (Å²) in [6, 6.07) is 0. The van der Waals surface area contributed by atoms with Crippen LogP contribution in [0.5, 0.6) is 0 Å². The molecule has 0 fully saturated rings. The molecule has 0 N–H and O–H groups in total. The average molecular weight is 762 g/mol. The SMILES string of the molecule is CCCCCCCCCCCCCCC(C)C(=O)OCC(COP(=O)([O-])OCC[N+](C)(C)C)OC(=O)C(C)CCCCCCCCCCCCCC. The number of nitrogens with zero attached hydrogens (tertiary/aromatic N) is 1. The van der Waals surface area contributed by atoms with Crippen molar-refractivity contribution in [1.82, 2.24) is 0 Å². The molecule has 0 aliphatic rings. The van der Waals surface area contributed by atoms with Crippen LogP contribution < -0.4 is 4.89 Å². The topological polar surface area (TPSA) is 111 Å². The number of hydrogen-bond donors (Lipinski definition) is 0. The second kappa shape index (κ2) is 33.4. The maximum absolute atomic E-state index is 13.0. The van der Waals surface area contributed by atoms with Gasteiger partial charge in [-0.1, -0.05) is 182 Å². The number of rotatable bonds is 38. The van der Waals surface area contributed by atoms with Crippen molar-refractivity contribution in [2.75, 3.05) is 47.5 Å². The Morgan fingerprint density at radius 1 is 0.558 bits per heavy atom. The molecular weight excluding hydrogens is 677 g/mol. The van der Waals surface area contributed by atoms with Gasteiger partial charge in [0.1, 0.15) is 19.8 Å². The first kappa shape index (κ1) is 51.0. The van der Waals surface area contributed by atoms with Crippen molar-refractivity contribution in [3.05, 3.63) is 0 Å². The highest BCUT2D eigenvalue weighted by molar-refractivity contribution is 7.45. The summed E-state index contributed by atoms with van der Waals surface area (Å²) >= 11 is 0. The fourth-order valence-electron chi connectivity index (χ4n) is 6.17. The molecule has 0 bridgehead atoms. The number of quaternary nitrogens is 1. The molecule has 0 aromatic heterocycles. The normalized spacial score (nSPS) is 14.8. The van der Waals surface area contributed by atoms with Crippen LogP contribution in [0.2, 0.25) is 0 Å². The lowest BCUT2D eigenvalue weighted by molar-refractivity contribution is -0.870. The van der Waals surface area contributed by atoms with Gasteiger partial charge in [0.15, 0.2) is 6.10 Å². The minimum absolute atomic E-state index is 0.0313. The predicted octanol–water partition coefficient (Wildman–Crippen LogP) is 11.1. The number of likely N-dealkylation sites (N-methyl/N-ethyl adjacent to an activating group) is 1. The van der Waals surface area contributed by atoms with Gasteiger partial charge in [0, 0.05) is 0 Å². The number of esters is 2. The van der Waals surface area contributed by atoms with Gasteiger partial charge in [-0.25, -0.2) is 0 Å².